The number of hydrogen-bond donors (Lipinski definition) is 0. The SMILES string of the molecule is Cc1cccc(CSc2cc(Cl)nc3ncnn23)c1. The molecule has 1 aromatic carbocycles. The highest BCUT2D eigenvalue weighted by atomic mass is 35.5. The Hall–Kier alpha value is -1.59. The quantitative estimate of drug-likeness (QED) is 0.548. The van der Waals surface area contributed by atoms with E-state index in [0.29, 0.717) is 10.9 Å². The summed E-state index contributed by atoms with van der Waals surface area (Å²) in [6, 6.07) is 10.3. The number of halogens is 1. The van der Waals surface area contributed by atoms with Gasteiger partial charge in [0.1, 0.15) is 16.5 Å². The zero-order chi connectivity index (χ0) is 13.2. The van der Waals surface area contributed by atoms with Crippen molar-refractivity contribution in [2.45, 2.75) is 17.7 Å². The largest absolute Gasteiger partial charge is 0.254 e. The third-order valence-corrected chi connectivity index (χ3v) is 3.91. The summed E-state index contributed by atoms with van der Waals surface area (Å²) in [6.45, 7) is 2.09. The Kier molecular flexibility index (Phi) is 3.40. The molecule has 3 rings (SSSR count). The summed E-state index contributed by atoms with van der Waals surface area (Å²) in [6.07, 6.45) is 1.48. The maximum Gasteiger partial charge on any atom is 0.254 e. The van der Waals surface area contributed by atoms with Crippen molar-refractivity contribution in [2.75, 3.05) is 0 Å². The van der Waals surface area contributed by atoms with Gasteiger partial charge < -0.3 is 0 Å². The number of benzene rings is 1. The van der Waals surface area contributed by atoms with Gasteiger partial charge >= 0.3 is 0 Å². The molecule has 0 bridgehead atoms. The van der Waals surface area contributed by atoms with E-state index in [1.807, 2.05) is 6.07 Å². The van der Waals surface area contributed by atoms with Gasteiger partial charge in [-0.25, -0.2) is 0 Å². The second kappa shape index (κ2) is 5.19. The molecule has 0 fully saturated rings. The second-order valence-electron chi connectivity index (χ2n) is 4.17. The van der Waals surface area contributed by atoms with E-state index in [-0.39, 0.29) is 0 Å². The summed E-state index contributed by atoms with van der Waals surface area (Å²) in [7, 11) is 0. The van der Waals surface area contributed by atoms with Gasteiger partial charge in [-0.05, 0) is 12.5 Å². The van der Waals surface area contributed by atoms with E-state index >= 15 is 0 Å². The fraction of sp³-hybridized carbons (Fsp3) is 0.154. The van der Waals surface area contributed by atoms with Gasteiger partial charge in [-0.1, -0.05) is 41.4 Å². The van der Waals surface area contributed by atoms with Crippen LogP contribution in [0, 0.1) is 6.92 Å². The lowest BCUT2D eigenvalue weighted by Gasteiger charge is -2.05. The van der Waals surface area contributed by atoms with Crippen LogP contribution in [0.3, 0.4) is 0 Å². The summed E-state index contributed by atoms with van der Waals surface area (Å²) < 4.78 is 1.70. The number of thioether (sulfide) groups is 1. The molecule has 96 valence electrons. The zero-order valence-corrected chi connectivity index (χ0v) is 11.8. The molecule has 0 aliphatic heterocycles. The lowest BCUT2D eigenvalue weighted by atomic mass is 10.2. The van der Waals surface area contributed by atoms with Crippen LogP contribution >= 0.6 is 23.4 Å². The molecule has 0 N–H and O–H groups in total. The fourth-order valence-electron chi connectivity index (χ4n) is 1.82. The molecule has 0 spiro atoms. The third kappa shape index (κ3) is 2.72. The number of aryl methyl sites for hydroxylation is 1. The maximum absolute atomic E-state index is 5.98. The minimum absolute atomic E-state index is 0.437. The van der Waals surface area contributed by atoms with Gasteiger partial charge in [0.15, 0.2) is 0 Å². The van der Waals surface area contributed by atoms with Crippen LogP contribution in [0.5, 0.6) is 0 Å². The fourth-order valence-corrected chi connectivity index (χ4v) is 3.00. The molecule has 6 heteroatoms. The summed E-state index contributed by atoms with van der Waals surface area (Å²) in [4.78, 5) is 8.16. The van der Waals surface area contributed by atoms with Crippen LogP contribution in [0.25, 0.3) is 5.78 Å². The van der Waals surface area contributed by atoms with Crippen molar-refractivity contribution in [1.82, 2.24) is 19.6 Å². The minimum atomic E-state index is 0.437. The van der Waals surface area contributed by atoms with Gasteiger partial charge in [-0.15, -0.1) is 11.8 Å². The highest BCUT2D eigenvalue weighted by Gasteiger charge is 2.07. The summed E-state index contributed by atoms with van der Waals surface area (Å²) in [5.41, 5.74) is 2.53. The summed E-state index contributed by atoms with van der Waals surface area (Å²) >= 11 is 7.65. The molecule has 0 aliphatic carbocycles. The summed E-state index contributed by atoms with van der Waals surface area (Å²) in [5, 5.41) is 5.53. The first-order valence-electron chi connectivity index (χ1n) is 5.77. The first kappa shape index (κ1) is 12.4. The smallest absolute Gasteiger partial charge is 0.199 e. The molecular formula is C13H11ClN4S. The molecule has 0 aliphatic rings. The molecule has 0 radical (unpaired) electrons. The highest BCUT2D eigenvalue weighted by Crippen LogP contribution is 2.25. The van der Waals surface area contributed by atoms with Crippen LogP contribution in [0.2, 0.25) is 5.15 Å². The van der Waals surface area contributed by atoms with E-state index in [0.717, 1.165) is 10.8 Å². The molecule has 2 heterocycles. The first-order chi connectivity index (χ1) is 9.22. The van der Waals surface area contributed by atoms with Crippen LogP contribution < -0.4 is 0 Å². The van der Waals surface area contributed by atoms with E-state index in [1.165, 1.54) is 17.5 Å². The van der Waals surface area contributed by atoms with Gasteiger partial charge in [0.25, 0.3) is 5.78 Å². The van der Waals surface area contributed by atoms with Gasteiger partial charge in [0.05, 0.1) is 0 Å². The topological polar surface area (TPSA) is 43.1 Å². The van der Waals surface area contributed by atoms with Crippen molar-refractivity contribution in [1.29, 1.82) is 0 Å². The number of aromatic nitrogens is 4. The maximum atomic E-state index is 5.98. The van der Waals surface area contributed by atoms with E-state index in [1.54, 1.807) is 16.3 Å². The summed E-state index contributed by atoms with van der Waals surface area (Å²) in [5.74, 6) is 1.39. The van der Waals surface area contributed by atoms with Crippen molar-refractivity contribution in [3.05, 3.63) is 52.9 Å². The third-order valence-electron chi connectivity index (χ3n) is 2.66. The Bertz CT molecular complexity index is 725. The lowest BCUT2D eigenvalue weighted by Crippen LogP contribution is -1.96. The normalized spacial score (nSPS) is 11.1. The van der Waals surface area contributed by atoms with Crippen LogP contribution in [-0.2, 0) is 5.75 Å². The number of hydrogen-bond acceptors (Lipinski definition) is 4. The number of nitrogens with zero attached hydrogens (tertiary/aromatic N) is 4. The van der Waals surface area contributed by atoms with E-state index in [4.69, 9.17) is 11.6 Å². The van der Waals surface area contributed by atoms with E-state index in [9.17, 15) is 0 Å². The molecule has 4 nitrogen and oxygen atoms in total. The van der Waals surface area contributed by atoms with Crippen LogP contribution in [-0.4, -0.2) is 19.6 Å². The van der Waals surface area contributed by atoms with Crippen LogP contribution in [0.4, 0.5) is 0 Å². The molecule has 0 atom stereocenters. The standard InChI is InChI=1S/C13H11ClN4S/c1-9-3-2-4-10(5-9)7-19-12-6-11(14)17-13-15-8-16-18(12)13/h2-6,8H,7H2,1H3. The van der Waals surface area contributed by atoms with Crippen LogP contribution in [0.15, 0.2) is 41.7 Å². The molecule has 0 saturated carbocycles. The Morgan fingerprint density at radius 3 is 3.05 bits per heavy atom. The van der Waals surface area contributed by atoms with Gasteiger partial charge in [-0.3, -0.25) is 0 Å². The second-order valence-corrected chi connectivity index (χ2v) is 5.55. The van der Waals surface area contributed by atoms with Gasteiger partial charge in [0, 0.05) is 11.8 Å². The van der Waals surface area contributed by atoms with E-state index in [2.05, 4.69) is 46.3 Å². The Balaban J connectivity index is 1.87. The van der Waals surface area contributed by atoms with E-state index < -0.39 is 0 Å². The predicted molar refractivity (Wildman–Crippen MR) is 76.5 cm³/mol. The van der Waals surface area contributed by atoms with Crippen molar-refractivity contribution in [2.24, 2.45) is 0 Å². The molecule has 3 aromatic rings. The average Bonchev–Trinajstić information content (AvgIpc) is 2.84. The molecule has 0 saturated heterocycles. The average molecular weight is 291 g/mol. The molecule has 0 amide bonds. The Morgan fingerprint density at radius 2 is 2.21 bits per heavy atom. The zero-order valence-electron chi connectivity index (χ0n) is 10.2. The Labute approximate surface area is 119 Å². The monoisotopic (exact) mass is 290 g/mol. The molecule has 0 unspecified atom stereocenters. The lowest BCUT2D eigenvalue weighted by molar-refractivity contribution is 0.842. The molecule has 19 heavy (non-hydrogen) atoms. The van der Waals surface area contributed by atoms with Gasteiger partial charge in [-0.2, -0.15) is 19.6 Å². The number of fused-ring (bicyclic) bond motifs is 1. The van der Waals surface area contributed by atoms with Crippen molar-refractivity contribution in [3.8, 4) is 0 Å². The Morgan fingerprint density at radius 1 is 1.32 bits per heavy atom. The predicted octanol–water partition coefficient (Wildman–Crippen LogP) is 3.38. The van der Waals surface area contributed by atoms with Crippen molar-refractivity contribution >= 4 is 29.1 Å². The number of rotatable bonds is 3. The molecular weight excluding hydrogens is 280 g/mol. The van der Waals surface area contributed by atoms with Crippen molar-refractivity contribution in [3.63, 3.8) is 0 Å². The molecule has 2 aromatic heterocycles. The minimum Gasteiger partial charge on any atom is -0.199 e. The highest BCUT2D eigenvalue weighted by molar-refractivity contribution is 7.98. The van der Waals surface area contributed by atoms with Crippen LogP contribution in [0.1, 0.15) is 11.1 Å². The van der Waals surface area contributed by atoms with Gasteiger partial charge in [0.2, 0.25) is 0 Å². The first-order valence-corrected chi connectivity index (χ1v) is 7.13. The van der Waals surface area contributed by atoms with Crippen molar-refractivity contribution < 1.29 is 0 Å².